The lowest BCUT2D eigenvalue weighted by molar-refractivity contribution is -0.0712. The first-order valence-corrected chi connectivity index (χ1v) is 7.34. The number of hydrogen-bond donors (Lipinski definition) is 3. The average Bonchev–Trinajstić information content (AvgIpc) is 2.35. The fraction of sp³-hybridized carbons (Fsp3) is 0.647. The number of phenolic OH excluding ortho intramolecular Hbond substituents is 1. The molecule has 0 heterocycles. The molecular weight excluding hydrogens is 324 g/mol. The number of aromatic hydroxyl groups is 1. The van der Waals surface area contributed by atoms with E-state index in [0.717, 1.165) is 0 Å². The Morgan fingerprint density at radius 1 is 1.00 bits per heavy atom. The van der Waals surface area contributed by atoms with Crippen molar-refractivity contribution >= 4 is 12.4 Å². The van der Waals surface area contributed by atoms with E-state index in [2.05, 4.69) is 0 Å². The molecule has 0 amide bonds. The van der Waals surface area contributed by atoms with Crippen LogP contribution in [0, 0.1) is 0 Å². The summed E-state index contributed by atoms with van der Waals surface area (Å²) in [5.41, 5.74) is 6.17. The van der Waals surface area contributed by atoms with Crippen molar-refractivity contribution in [3.8, 4) is 5.75 Å². The molecule has 0 bridgehead atoms. The molecule has 1 rings (SSSR count). The molecule has 23 heavy (non-hydrogen) atoms. The molecular formula is C17H28ClF2NO2. The van der Waals surface area contributed by atoms with E-state index < -0.39 is 29.4 Å². The molecule has 0 unspecified atom stereocenters. The predicted octanol–water partition coefficient (Wildman–Crippen LogP) is 4.04. The molecule has 4 N–H and O–H groups in total. The van der Waals surface area contributed by atoms with Crippen molar-refractivity contribution in [2.45, 2.75) is 64.3 Å². The summed E-state index contributed by atoms with van der Waals surface area (Å²) in [6.07, 6.45) is 0. The molecule has 1 atom stereocenters. The number of benzene rings is 1. The van der Waals surface area contributed by atoms with E-state index in [4.69, 9.17) is 10.8 Å². The molecule has 0 saturated heterocycles. The van der Waals surface area contributed by atoms with Crippen molar-refractivity contribution in [2.75, 3.05) is 6.61 Å². The fourth-order valence-corrected chi connectivity index (χ4v) is 2.32. The zero-order chi connectivity index (χ0) is 17.5. The number of hydrogen-bond acceptors (Lipinski definition) is 3. The first-order chi connectivity index (χ1) is 9.71. The largest absolute Gasteiger partial charge is 0.507 e. The minimum atomic E-state index is -3.42. The summed E-state index contributed by atoms with van der Waals surface area (Å²) in [5.74, 6) is -3.30. The van der Waals surface area contributed by atoms with Gasteiger partial charge in [-0.1, -0.05) is 41.5 Å². The monoisotopic (exact) mass is 351 g/mol. The Balaban J connectivity index is 0.00000484. The highest BCUT2D eigenvalue weighted by Gasteiger charge is 2.39. The SMILES string of the molecule is CC(C)(C)c1cc([C@@H](N)C(F)(F)CO)cc(C(C)(C)C)c1O.Cl. The Kier molecular flexibility index (Phi) is 6.64. The van der Waals surface area contributed by atoms with Gasteiger partial charge in [0.05, 0.1) is 6.04 Å². The Hall–Kier alpha value is -0.910. The van der Waals surface area contributed by atoms with E-state index in [9.17, 15) is 13.9 Å². The molecule has 0 aromatic heterocycles. The maximum atomic E-state index is 13.8. The maximum absolute atomic E-state index is 13.8. The number of aliphatic hydroxyl groups excluding tert-OH is 1. The zero-order valence-corrected chi connectivity index (χ0v) is 15.4. The van der Waals surface area contributed by atoms with Crippen molar-refractivity contribution in [3.63, 3.8) is 0 Å². The van der Waals surface area contributed by atoms with Crippen LogP contribution in [0.4, 0.5) is 8.78 Å². The third-order valence-electron chi connectivity index (χ3n) is 3.77. The van der Waals surface area contributed by atoms with Crippen LogP contribution in [-0.4, -0.2) is 22.7 Å². The summed E-state index contributed by atoms with van der Waals surface area (Å²) in [6, 6.07) is 1.40. The predicted molar refractivity (Wildman–Crippen MR) is 91.7 cm³/mol. The molecule has 0 spiro atoms. The summed E-state index contributed by atoms with van der Waals surface area (Å²) in [6.45, 7) is 10.1. The summed E-state index contributed by atoms with van der Waals surface area (Å²) in [4.78, 5) is 0. The first kappa shape index (κ1) is 22.1. The molecule has 0 fully saturated rings. The van der Waals surface area contributed by atoms with Gasteiger partial charge in [-0.2, -0.15) is 0 Å². The summed E-state index contributed by atoms with van der Waals surface area (Å²) < 4.78 is 27.5. The van der Waals surface area contributed by atoms with Crippen molar-refractivity contribution < 1.29 is 19.0 Å². The number of halogens is 3. The lowest BCUT2D eigenvalue weighted by Gasteiger charge is -2.30. The second-order valence-corrected chi connectivity index (χ2v) is 7.86. The number of nitrogens with two attached hydrogens (primary N) is 1. The Labute approximate surface area is 143 Å². The molecule has 0 aliphatic heterocycles. The highest BCUT2D eigenvalue weighted by Crippen LogP contribution is 2.42. The van der Waals surface area contributed by atoms with Gasteiger partial charge in [0.15, 0.2) is 0 Å². The first-order valence-electron chi connectivity index (χ1n) is 7.34. The van der Waals surface area contributed by atoms with Crippen LogP contribution in [0.3, 0.4) is 0 Å². The Morgan fingerprint density at radius 3 is 1.61 bits per heavy atom. The van der Waals surface area contributed by atoms with Gasteiger partial charge in [0.1, 0.15) is 12.4 Å². The third kappa shape index (κ3) is 4.78. The van der Waals surface area contributed by atoms with Crippen molar-refractivity contribution in [2.24, 2.45) is 5.73 Å². The maximum Gasteiger partial charge on any atom is 0.289 e. The quantitative estimate of drug-likeness (QED) is 0.770. The van der Waals surface area contributed by atoms with Gasteiger partial charge >= 0.3 is 0 Å². The van der Waals surface area contributed by atoms with Crippen LogP contribution in [0.15, 0.2) is 12.1 Å². The number of phenols is 1. The van der Waals surface area contributed by atoms with Gasteiger partial charge in [-0.05, 0) is 39.7 Å². The van der Waals surface area contributed by atoms with Gasteiger partial charge in [0.2, 0.25) is 0 Å². The standard InChI is InChI=1S/C17H27F2NO2.ClH/c1-15(2,3)11-7-10(14(20)17(18,19)9-21)8-12(13(11)22)16(4,5)6;/h7-8,14,21-22H,9,20H2,1-6H3;1H/t14-;/m1./s1. The molecule has 3 nitrogen and oxygen atoms in total. The van der Waals surface area contributed by atoms with Crippen LogP contribution >= 0.6 is 12.4 Å². The van der Waals surface area contributed by atoms with E-state index >= 15 is 0 Å². The van der Waals surface area contributed by atoms with Crippen molar-refractivity contribution in [3.05, 3.63) is 28.8 Å². The number of aliphatic hydroxyl groups is 1. The smallest absolute Gasteiger partial charge is 0.289 e. The molecule has 1 aromatic carbocycles. The average molecular weight is 352 g/mol. The van der Waals surface area contributed by atoms with Gasteiger partial charge < -0.3 is 15.9 Å². The normalized spacial score (nSPS) is 14.3. The Bertz CT molecular complexity index is 513. The minimum absolute atomic E-state index is 0. The van der Waals surface area contributed by atoms with Crippen LogP contribution in [0.1, 0.15) is 64.3 Å². The minimum Gasteiger partial charge on any atom is -0.507 e. The van der Waals surface area contributed by atoms with E-state index in [1.807, 2.05) is 41.5 Å². The van der Waals surface area contributed by atoms with E-state index in [1.165, 1.54) is 12.1 Å². The van der Waals surface area contributed by atoms with Gasteiger partial charge in [-0.15, -0.1) is 12.4 Å². The van der Waals surface area contributed by atoms with Crippen molar-refractivity contribution in [1.82, 2.24) is 0 Å². The summed E-state index contributed by atoms with van der Waals surface area (Å²) in [5, 5.41) is 19.4. The lowest BCUT2D eigenvalue weighted by Crippen LogP contribution is -2.36. The molecule has 0 radical (unpaired) electrons. The molecule has 134 valence electrons. The fourth-order valence-electron chi connectivity index (χ4n) is 2.32. The van der Waals surface area contributed by atoms with Crippen LogP contribution in [-0.2, 0) is 10.8 Å². The van der Waals surface area contributed by atoms with Gasteiger partial charge in [0, 0.05) is 0 Å². The van der Waals surface area contributed by atoms with Gasteiger partial charge in [-0.25, -0.2) is 8.78 Å². The third-order valence-corrected chi connectivity index (χ3v) is 3.77. The zero-order valence-electron chi connectivity index (χ0n) is 14.6. The lowest BCUT2D eigenvalue weighted by atomic mass is 9.77. The molecule has 0 saturated carbocycles. The van der Waals surface area contributed by atoms with Gasteiger partial charge in [0.25, 0.3) is 5.92 Å². The van der Waals surface area contributed by atoms with Crippen LogP contribution in [0.5, 0.6) is 5.75 Å². The van der Waals surface area contributed by atoms with E-state index in [0.29, 0.717) is 11.1 Å². The van der Waals surface area contributed by atoms with Gasteiger partial charge in [-0.3, -0.25) is 0 Å². The van der Waals surface area contributed by atoms with E-state index in [1.54, 1.807) is 0 Å². The van der Waals surface area contributed by atoms with Crippen LogP contribution in [0.2, 0.25) is 0 Å². The highest BCUT2D eigenvalue weighted by atomic mass is 35.5. The topological polar surface area (TPSA) is 66.5 Å². The molecule has 6 heteroatoms. The second-order valence-electron chi connectivity index (χ2n) is 7.86. The summed E-state index contributed by atoms with van der Waals surface area (Å²) >= 11 is 0. The second kappa shape index (κ2) is 6.91. The van der Waals surface area contributed by atoms with E-state index in [-0.39, 0.29) is 23.7 Å². The molecule has 0 aliphatic rings. The highest BCUT2D eigenvalue weighted by molar-refractivity contribution is 5.85. The molecule has 0 aliphatic carbocycles. The number of rotatable bonds is 3. The molecule has 1 aromatic rings. The van der Waals surface area contributed by atoms with Crippen LogP contribution in [0.25, 0.3) is 0 Å². The number of alkyl halides is 2. The van der Waals surface area contributed by atoms with Crippen LogP contribution < -0.4 is 5.73 Å². The Morgan fingerprint density at radius 2 is 1.35 bits per heavy atom. The van der Waals surface area contributed by atoms with Crippen molar-refractivity contribution in [1.29, 1.82) is 0 Å². The summed E-state index contributed by atoms with van der Waals surface area (Å²) in [7, 11) is 0.